The van der Waals surface area contributed by atoms with Crippen LogP contribution in [0.1, 0.15) is 32.8 Å². The summed E-state index contributed by atoms with van der Waals surface area (Å²) in [5.41, 5.74) is 0.270. The van der Waals surface area contributed by atoms with Gasteiger partial charge in [0.1, 0.15) is 17.5 Å². The Morgan fingerprint density at radius 1 is 1.39 bits per heavy atom. The second-order valence-electron chi connectivity index (χ2n) is 7.47. The van der Waals surface area contributed by atoms with Crippen LogP contribution >= 0.6 is 11.8 Å². The molecule has 0 saturated carbocycles. The van der Waals surface area contributed by atoms with Crippen LogP contribution < -0.4 is 10.6 Å². The number of ether oxygens (including phenoxy) is 2. The minimum absolute atomic E-state index is 0.0819. The molecule has 2 N–H and O–H groups in total. The molecule has 10 heteroatoms. The van der Waals surface area contributed by atoms with Gasteiger partial charge < -0.3 is 20.1 Å². The van der Waals surface area contributed by atoms with E-state index in [1.807, 2.05) is 13.3 Å². The van der Waals surface area contributed by atoms with Crippen LogP contribution in [-0.2, 0) is 20.8 Å². The number of carbonyl (C=O) groups excluding carboxylic acids is 2. The van der Waals surface area contributed by atoms with Crippen molar-refractivity contribution in [3.8, 4) is 0 Å². The molecule has 2 heterocycles. The Morgan fingerprint density at radius 3 is 2.68 bits per heavy atom. The average molecular weight is 412 g/mol. The Morgan fingerprint density at radius 2 is 2.11 bits per heavy atom. The molecule has 1 aromatic heterocycles. The first-order valence-electron chi connectivity index (χ1n) is 9.07. The highest BCUT2D eigenvalue weighted by molar-refractivity contribution is 7.98. The quantitative estimate of drug-likeness (QED) is 0.412. The fourth-order valence-corrected chi connectivity index (χ4v) is 3.30. The lowest BCUT2D eigenvalue weighted by Gasteiger charge is -2.27. The molecule has 0 radical (unpaired) electrons. The molecule has 2 unspecified atom stereocenters. The highest BCUT2D eigenvalue weighted by Crippen LogP contribution is 2.23. The van der Waals surface area contributed by atoms with Gasteiger partial charge in [-0.1, -0.05) is 11.8 Å². The summed E-state index contributed by atoms with van der Waals surface area (Å²) in [6, 6.07) is -0.752. The fraction of sp³-hybridized carbons (Fsp3) is 0.667. The number of carbonyl (C=O) groups is 2. The van der Waals surface area contributed by atoms with Gasteiger partial charge in [-0.15, -0.1) is 0 Å². The van der Waals surface area contributed by atoms with Gasteiger partial charge in [-0.2, -0.15) is 0 Å². The van der Waals surface area contributed by atoms with Crippen LogP contribution in [0.5, 0.6) is 0 Å². The van der Waals surface area contributed by atoms with Gasteiger partial charge in [-0.05, 0) is 33.4 Å². The van der Waals surface area contributed by atoms with E-state index in [9.17, 15) is 9.59 Å². The normalized spacial score (nSPS) is 19.4. The van der Waals surface area contributed by atoms with Crippen LogP contribution in [0.3, 0.4) is 0 Å². The molecule has 28 heavy (non-hydrogen) atoms. The molecular formula is C18H29N5O4S. The van der Waals surface area contributed by atoms with E-state index < -0.39 is 23.7 Å². The van der Waals surface area contributed by atoms with E-state index in [2.05, 4.69) is 20.6 Å². The third kappa shape index (κ3) is 5.71. The zero-order valence-electron chi connectivity index (χ0n) is 17.2. The number of amides is 1. The first-order valence-corrected chi connectivity index (χ1v) is 10.3. The lowest BCUT2D eigenvalue weighted by Crippen LogP contribution is -2.44. The van der Waals surface area contributed by atoms with E-state index in [1.54, 1.807) is 27.0 Å². The fourth-order valence-electron chi connectivity index (χ4n) is 2.95. The van der Waals surface area contributed by atoms with E-state index in [4.69, 9.17) is 9.47 Å². The SMILES string of the molecule is CNc1nc(SC)ncc1CNC1CC(C(=O)OC)N(C(=O)OC(C)(C)C)C1. The maximum atomic E-state index is 12.5. The minimum atomic E-state index is -0.670. The molecule has 0 aliphatic carbocycles. The summed E-state index contributed by atoms with van der Waals surface area (Å²) in [6.07, 6.45) is 3.63. The number of esters is 1. The Bertz CT molecular complexity index is 710. The van der Waals surface area contributed by atoms with Crippen molar-refractivity contribution in [3.63, 3.8) is 0 Å². The Hall–Kier alpha value is -2.07. The summed E-state index contributed by atoms with van der Waals surface area (Å²) < 4.78 is 10.3. The van der Waals surface area contributed by atoms with Gasteiger partial charge in [0.2, 0.25) is 0 Å². The molecule has 1 aliphatic heterocycles. The standard InChI is InChI=1S/C18H29N5O4S/c1-18(2,3)27-17(25)23-10-12(7-13(23)15(24)26-5)20-8-11-9-21-16(28-6)22-14(11)19-4/h9,12-13,20H,7-8,10H2,1-6H3,(H,19,21,22). The number of hydrogen-bond donors (Lipinski definition) is 2. The third-order valence-corrected chi connectivity index (χ3v) is 4.81. The van der Waals surface area contributed by atoms with Gasteiger partial charge >= 0.3 is 12.1 Å². The summed E-state index contributed by atoms with van der Waals surface area (Å²) in [7, 11) is 3.13. The highest BCUT2D eigenvalue weighted by atomic mass is 32.2. The number of likely N-dealkylation sites (tertiary alicyclic amines) is 1. The van der Waals surface area contributed by atoms with Crippen LogP contribution in [-0.4, -0.2) is 71.6 Å². The van der Waals surface area contributed by atoms with Crippen molar-refractivity contribution in [3.05, 3.63) is 11.8 Å². The van der Waals surface area contributed by atoms with E-state index in [0.29, 0.717) is 24.7 Å². The number of anilines is 1. The molecule has 1 aromatic rings. The second kappa shape index (κ2) is 9.42. The molecule has 9 nitrogen and oxygen atoms in total. The van der Waals surface area contributed by atoms with Gasteiger partial charge in [0.15, 0.2) is 5.16 Å². The zero-order chi connectivity index (χ0) is 20.9. The predicted molar refractivity (Wildman–Crippen MR) is 107 cm³/mol. The number of thioether (sulfide) groups is 1. The van der Waals surface area contributed by atoms with Crippen LogP contribution in [0, 0.1) is 0 Å². The van der Waals surface area contributed by atoms with Gasteiger partial charge in [0, 0.05) is 37.9 Å². The summed E-state index contributed by atoms with van der Waals surface area (Å²) in [5, 5.41) is 7.14. The van der Waals surface area contributed by atoms with Crippen LogP contribution in [0.25, 0.3) is 0 Å². The zero-order valence-corrected chi connectivity index (χ0v) is 18.1. The molecule has 0 bridgehead atoms. The van der Waals surface area contributed by atoms with Gasteiger partial charge in [-0.3, -0.25) is 4.90 Å². The Labute approximate surface area is 170 Å². The monoisotopic (exact) mass is 411 g/mol. The molecule has 1 aliphatic rings. The third-order valence-electron chi connectivity index (χ3n) is 4.25. The van der Waals surface area contributed by atoms with Gasteiger partial charge in [-0.25, -0.2) is 19.6 Å². The highest BCUT2D eigenvalue weighted by Gasteiger charge is 2.42. The van der Waals surface area contributed by atoms with Crippen molar-refractivity contribution in [2.24, 2.45) is 0 Å². The minimum Gasteiger partial charge on any atom is -0.467 e. The van der Waals surface area contributed by atoms with Crippen molar-refractivity contribution in [1.82, 2.24) is 20.2 Å². The van der Waals surface area contributed by atoms with Crippen molar-refractivity contribution >= 4 is 29.6 Å². The molecule has 0 spiro atoms. The first-order chi connectivity index (χ1) is 13.2. The van der Waals surface area contributed by atoms with Crippen molar-refractivity contribution in [2.75, 3.05) is 32.3 Å². The largest absolute Gasteiger partial charge is 0.467 e. The van der Waals surface area contributed by atoms with E-state index in [0.717, 1.165) is 11.4 Å². The van der Waals surface area contributed by atoms with E-state index >= 15 is 0 Å². The molecule has 1 saturated heterocycles. The molecular weight excluding hydrogens is 382 g/mol. The van der Waals surface area contributed by atoms with Gasteiger partial charge in [0.25, 0.3) is 0 Å². The summed E-state index contributed by atoms with van der Waals surface area (Å²) >= 11 is 1.47. The van der Waals surface area contributed by atoms with Crippen molar-refractivity contribution in [2.45, 2.75) is 56.6 Å². The van der Waals surface area contributed by atoms with Crippen LogP contribution in [0.2, 0.25) is 0 Å². The number of nitrogens with one attached hydrogen (secondary N) is 2. The number of nitrogens with zero attached hydrogens (tertiary/aromatic N) is 3. The van der Waals surface area contributed by atoms with E-state index in [1.165, 1.54) is 23.8 Å². The number of aromatic nitrogens is 2. The number of hydrogen-bond acceptors (Lipinski definition) is 9. The van der Waals surface area contributed by atoms with Crippen molar-refractivity contribution in [1.29, 1.82) is 0 Å². The molecule has 156 valence electrons. The number of methoxy groups -OCH3 is 1. The maximum absolute atomic E-state index is 12.5. The molecule has 0 aromatic carbocycles. The lowest BCUT2D eigenvalue weighted by molar-refractivity contribution is -0.145. The number of rotatable bonds is 6. The molecule has 1 fully saturated rings. The average Bonchev–Trinajstić information content (AvgIpc) is 3.08. The van der Waals surface area contributed by atoms with E-state index in [-0.39, 0.29) is 6.04 Å². The molecule has 2 atom stereocenters. The Balaban J connectivity index is 2.07. The molecule has 1 amide bonds. The van der Waals surface area contributed by atoms with Gasteiger partial charge in [0.05, 0.1) is 7.11 Å². The topological polar surface area (TPSA) is 106 Å². The molecule has 2 rings (SSSR count). The summed E-state index contributed by atoms with van der Waals surface area (Å²) in [6.45, 7) is 6.24. The first kappa shape index (κ1) is 22.2. The maximum Gasteiger partial charge on any atom is 0.411 e. The Kier molecular flexibility index (Phi) is 7.48. The summed E-state index contributed by atoms with van der Waals surface area (Å²) in [4.78, 5) is 34.8. The second-order valence-corrected chi connectivity index (χ2v) is 8.24. The van der Waals surface area contributed by atoms with Crippen LogP contribution in [0.4, 0.5) is 10.6 Å². The smallest absolute Gasteiger partial charge is 0.411 e. The van der Waals surface area contributed by atoms with Crippen molar-refractivity contribution < 1.29 is 19.1 Å². The lowest BCUT2D eigenvalue weighted by atomic mass is 10.1. The summed E-state index contributed by atoms with van der Waals surface area (Å²) in [5.74, 6) is 0.303. The predicted octanol–water partition coefficient (Wildman–Crippen LogP) is 1.88. The van der Waals surface area contributed by atoms with Crippen LogP contribution in [0.15, 0.2) is 11.4 Å².